The van der Waals surface area contributed by atoms with Crippen LogP contribution in [0.15, 0.2) is 53.9 Å². The van der Waals surface area contributed by atoms with E-state index in [9.17, 15) is 10.1 Å². The van der Waals surface area contributed by atoms with Gasteiger partial charge in [0.05, 0.1) is 11.8 Å². The number of thiazole rings is 1. The molecule has 3 aromatic rings. The Morgan fingerprint density at radius 1 is 1.17 bits per heavy atom. The highest BCUT2D eigenvalue weighted by Gasteiger charge is 2.25. The Morgan fingerprint density at radius 2 is 1.86 bits per heavy atom. The van der Waals surface area contributed by atoms with Gasteiger partial charge < -0.3 is 4.74 Å². The second kappa shape index (κ2) is 8.59. The number of benzene rings is 2. The number of ketones is 1. The van der Waals surface area contributed by atoms with Crippen LogP contribution in [0.5, 0.6) is 5.75 Å². The molecule has 0 bridgehead atoms. The average molecular weight is 405 g/mol. The Hall–Kier alpha value is -2.97. The lowest BCUT2D eigenvalue weighted by atomic mass is 9.86. The predicted octanol–water partition coefficient (Wildman–Crippen LogP) is 5.67. The summed E-state index contributed by atoms with van der Waals surface area (Å²) in [6.07, 6.45) is 0. The molecule has 0 aliphatic heterocycles. The quantitative estimate of drug-likeness (QED) is 0.531. The van der Waals surface area contributed by atoms with Gasteiger partial charge in [0.2, 0.25) is 0 Å². The summed E-state index contributed by atoms with van der Waals surface area (Å²) >= 11 is 1.33. The second-order valence-corrected chi connectivity index (χ2v) is 8.89. The second-order valence-electron chi connectivity index (χ2n) is 8.00. The van der Waals surface area contributed by atoms with Gasteiger partial charge >= 0.3 is 0 Å². The van der Waals surface area contributed by atoms with Crippen molar-refractivity contribution in [3.05, 3.63) is 70.0 Å². The van der Waals surface area contributed by atoms with E-state index in [0.29, 0.717) is 10.8 Å². The first kappa shape index (κ1) is 20.8. The highest BCUT2D eigenvalue weighted by molar-refractivity contribution is 7.10. The Bertz CT molecular complexity index is 1040. The van der Waals surface area contributed by atoms with Crippen LogP contribution in [0.25, 0.3) is 11.3 Å². The van der Waals surface area contributed by atoms with Gasteiger partial charge in [0.15, 0.2) is 11.7 Å². The van der Waals surface area contributed by atoms with E-state index in [-0.39, 0.29) is 17.8 Å². The molecule has 2 aromatic carbocycles. The molecule has 0 fully saturated rings. The van der Waals surface area contributed by atoms with E-state index in [4.69, 9.17) is 4.74 Å². The van der Waals surface area contributed by atoms with Gasteiger partial charge in [-0.2, -0.15) is 5.26 Å². The normalized spacial score (nSPS) is 12.2. The van der Waals surface area contributed by atoms with Crippen molar-refractivity contribution in [3.63, 3.8) is 0 Å². The van der Waals surface area contributed by atoms with Gasteiger partial charge in [-0.15, -0.1) is 11.3 Å². The molecule has 3 rings (SSSR count). The number of aryl methyl sites for hydroxylation is 1. The van der Waals surface area contributed by atoms with Gasteiger partial charge in [-0.25, -0.2) is 4.98 Å². The molecule has 29 heavy (non-hydrogen) atoms. The number of nitrogens with zero attached hydrogens (tertiary/aromatic N) is 2. The zero-order valence-electron chi connectivity index (χ0n) is 17.1. The molecular formula is C24H24N2O2S. The number of rotatable bonds is 6. The minimum absolute atomic E-state index is 0.105. The molecule has 0 spiro atoms. The fourth-order valence-corrected chi connectivity index (χ4v) is 3.88. The summed E-state index contributed by atoms with van der Waals surface area (Å²) in [7, 11) is 0. The van der Waals surface area contributed by atoms with E-state index < -0.39 is 5.92 Å². The van der Waals surface area contributed by atoms with Crippen LogP contribution in [-0.2, 0) is 10.2 Å². The summed E-state index contributed by atoms with van der Waals surface area (Å²) in [5, 5.41) is 12.0. The Balaban J connectivity index is 1.74. The first-order valence-corrected chi connectivity index (χ1v) is 10.3. The van der Waals surface area contributed by atoms with Crippen molar-refractivity contribution >= 4 is 17.1 Å². The molecule has 1 unspecified atom stereocenters. The largest absolute Gasteiger partial charge is 0.485 e. The summed E-state index contributed by atoms with van der Waals surface area (Å²) in [4.78, 5) is 17.3. The number of carbonyl (C=O) groups is 1. The van der Waals surface area contributed by atoms with Gasteiger partial charge in [0, 0.05) is 10.9 Å². The highest BCUT2D eigenvalue weighted by Crippen LogP contribution is 2.32. The maximum Gasteiger partial charge on any atom is 0.194 e. The van der Waals surface area contributed by atoms with Crippen molar-refractivity contribution in [1.82, 2.24) is 4.98 Å². The Kier molecular flexibility index (Phi) is 6.14. The van der Waals surface area contributed by atoms with Crippen LogP contribution in [0.2, 0.25) is 0 Å². The van der Waals surface area contributed by atoms with Gasteiger partial charge in [-0.3, -0.25) is 4.79 Å². The lowest BCUT2D eigenvalue weighted by Gasteiger charge is -2.22. The standard InChI is InChI=1S/C24H24N2O2S/c1-16-9-11-17(12-10-16)20-15-29-23(26-20)18(13-25)21(27)14-28-22-8-6-5-7-19(22)24(2,3)4/h5-12,15,18H,14H2,1-4H3. The summed E-state index contributed by atoms with van der Waals surface area (Å²) in [5.41, 5.74) is 3.83. The third-order valence-corrected chi connectivity index (χ3v) is 5.54. The molecule has 0 aliphatic rings. The van der Waals surface area contributed by atoms with Crippen molar-refractivity contribution in [3.8, 4) is 23.1 Å². The number of hydrogen-bond donors (Lipinski definition) is 0. The van der Waals surface area contributed by atoms with Crippen molar-refractivity contribution < 1.29 is 9.53 Å². The summed E-state index contributed by atoms with van der Waals surface area (Å²) in [6.45, 7) is 8.15. The van der Waals surface area contributed by atoms with E-state index in [0.717, 1.165) is 16.8 Å². The monoisotopic (exact) mass is 404 g/mol. The molecule has 0 N–H and O–H groups in total. The smallest absolute Gasteiger partial charge is 0.194 e. The van der Waals surface area contributed by atoms with E-state index in [1.54, 1.807) is 0 Å². The van der Waals surface area contributed by atoms with Crippen LogP contribution < -0.4 is 4.74 Å². The average Bonchev–Trinajstić information content (AvgIpc) is 3.17. The van der Waals surface area contributed by atoms with E-state index in [2.05, 4.69) is 31.8 Å². The third-order valence-electron chi connectivity index (χ3n) is 4.63. The molecule has 1 aromatic heterocycles. The number of carbonyl (C=O) groups excluding carboxylic acids is 1. The maximum absolute atomic E-state index is 12.7. The van der Waals surface area contributed by atoms with Crippen molar-refractivity contribution in [2.24, 2.45) is 0 Å². The summed E-state index contributed by atoms with van der Waals surface area (Å²) < 4.78 is 5.81. The zero-order valence-corrected chi connectivity index (χ0v) is 17.9. The molecule has 1 heterocycles. The van der Waals surface area contributed by atoms with Crippen LogP contribution in [0.3, 0.4) is 0 Å². The number of aromatic nitrogens is 1. The molecule has 0 saturated heterocycles. The van der Waals surface area contributed by atoms with Crippen LogP contribution >= 0.6 is 11.3 Å². The zero-order chi connectivity index (χ0) is 21.0. The fraction of sp³-hybridized carbons (Fsp3) is 0.292. The minimum atomic E-state index is -0.930. The molecule has 0 radical (unpaired) electrons. The van der Waals surface area contributed by atoms with Crippen LogP contribution in [-0.4, -0.2) is 17.4 Å². The van der Waals surface area contributed by atoms with E-state index in [1.165, 1.54) is 16.9 Å². The number of ether oxygens (including phenoxy) is 1. The molecule has 0 aliphatic carbocycles. The highest BCUT2D eigenvalue weighted by atomic mass is 32.1. The van der Waals surface area contributed by atoms with Crippen LogP contribution in [0.4, 0.5) is 0 Å². The van der Waals surface area contributed by atoms with Gasteiger partial charge in [-0.1, -0.05) is 68.8 Å². The lowest BCUT2D eigenvalue weighted by Crippen LogP contribution is -2.21. The van der Waals surface area contributed by atoms with E-state index >= 15 is 0 Å². The lowest BCUT2D eigenvalue weighted by molar-refractivity contribution is -0.121. The molecule has 1 atom stereocenters. The number of Topliss-reactive ketones (excluding diaryl/α,β-unsaturated/α-hetero) is 1. The van der Waals surface area contributed by atoms with Gasteiger partial charge in [0.25, 0.3) is 0 Å². The van der Waals surface area contributed by atoms with Crippen molar-refractivity contribution in [2.45, 2.75) is 39.0 Å². The fourth-order valence-electron chi connectivity index (χ4n) is 2.99. The Morgan fingerprint density at radius 3 is 2.52 bits per heavy atom. The summed E-state index contributed by atoms with van der Waals surface area (Å²) in [5.74, 6) is -0.550. The van der Waals surface area contributed by atoms with Crippen molar-refractivity contribution in [2.75, 3.05) is 6.61 Å². The first-order valence-electron chi connectivity index (χ1n) is 9.46. The van der Waals surface area contributed by atoms with Crippen LogP contribution in [0.1, 0.15) is 42.8 Å². The van der Waals surface area contributed by atoms with Gasteiger partial charge in [-0.05, 0) is 24.0 Å². The predicted molar refractivity (Wildman–Crippen MR) is 116 cm³/mol. The SMILES string of the molecule is Cc1ccc(-c2csc(C(C#N)C(=O)COc3ccccc3C(C)(C)C)n2)cc1. The topological polar surface area (TPSA) is 63.0 Å². The third kappa shape index (κ3) is 4.90. The maximum atomic E-state index is 12.7. The Labute approximate surface area is 175 Å². The van der Waals surface area contributed by atoms with Gasteiger partial charge in [0.1, 0.15) is 17.4 Å². The molecule has 148 valence electrons. The first-order chi connectivity index (χ1) is 13.8. The van der Waals surface area contributed by atoms with Crippen molar-refractivity contribution in [1.29, 1.82) is 5.26 Å². The van der Waals surface area contributed by atoms with Crippen LogP contribution in [0, 0.1) is 18.3 Å². The summed E-state index contributed by atoms with van der Waals surface area (Å²) in [6, 6.07) is 17.8. The number of nitriles is 1. The molecule has 4 nitrogen and oxygen atoms in total. The number of hydrogen-bond acceptors (Lipinski definition) is 5. The molecule has 0 saturated carbocycles. The molecule has 5 heteroatoms. The van der Waals surface area contributed by atoms with E-state index in [1.807, 2.05) is 60.8 Å². The molecule has 0 amide bonds. The minimum Gasteiger partial charge on any atom is -0.485 e. The molecular weight excluding hydrogens is 380 g/mol. The number of para-hydroxylation sites is 1.